The van der Waals surface area contributed by atoms with Crippen LogP contribution in [-0.2, 0) is 0 Å². The molecular weight excluding hydrogens is 208 g/mol. The van der Waals surface area contributed by atoms with Crippen LogP contribution < -0.4 is 5.32 Å². The first-order chi connectivity index (χ1) is 8.16. The fourth-order valence-corrected chi connectivity index (χ4v) is 3.49. The van der Waals surface area contributed by atoms with Gasteiger partial charge < -0.3 is 10.2 Å². The van der Waals surface area contributed by atoms with Gasteiger partial charge in [0.2, 0.25) is 0 Å². The van der Waals surface area contributed by atoms with Crippen molar-refractivity contribution >= 4 is 0 Å². The molecule has 17 heavy (non-hydrogen) atoms. The maximum absolute atomic E-state index is 3.77. The Balaban J connectivity index is 1.55. The highest BCUT2D eigenvalue weighted by molar-refractivity contribution is 4.83. The zero-order valence-corrected chi connectivity index (χ0v) is 11.8. The first kappa shape index (κ1) is 13.4. The van der Waals surface area contributed by atoms with E-state index in [2.05, 4.69) is 24.1 Å². The SMILES string of the molecule is CC1(C)CCCC(NCCCN2CCCC2)C1. The molecule has 1 saturated heterocycles. The third-order valence-corrected chi connectivity index (χ3v) is 4.49. The summed E-state index contributed by atoms with van der Waals surface area (Å²) in [4.78, 5) is 2.62. The molecule has 2 rings (SSSR count). The van der Waals surface area contributed by atoms with Crippen LogP contribution in [0.25, 0.3) is 0 Å². The predicted octanol–water partition coefficient (Wildman–Crippen LogP) is 3.03. The topological polar surface area (TPSA) is 15.3 Å². The standard InChI is InChI=1S/C15H30N2/c1-15(2)8-5-7-14(13-15)16-9-6-12-17-10-3-4-11-17/h14,16H,3-13H2,1-2H3. The molecule has 2 nitrogen and oxygen atoms in total. The van der Waals surface area contributed by atoms with Gasteiger partial charge in [-0.2, -0.15) is 0 Å². The molecule has 2 heteroatoms. The summed E-state index contributed by atoms with van der Waals surface area (Å²) in [6.45, 7) is 10.1. The van der Waals surface area contributed by atoms with Gasteiger partial charge in [-0.1, -0.05) is 20.3 Å². The summed E-state index contributed by atoms with van der Waals surface area (Å²) >= 11 is 0. The Morgan fingerprint density at radius 1 is 1.18 bits per heavy atom. The lowest BCUT2D eigenvalue weighted by molar-refractivity contribution is 0.197. The summed E-state index contributed by atoms with van der Waals surface area (Å²) < 4.78 is 0. The van der Waals surface area contributed by atoms with Gasteiger partial charge >= 0.3 is 0 Å². The largest absolute Gasteiger partial charge is 0.314 e. The maximum Gasteiger partial charge on any atom is 0.00721 e. The van der Waals surface area contributed by atoms with E-state index in [1.54, 1.807) is 0 Å². The van der Waals surface area contributed by atoms with E-state index in [0.29, 0.717) is 5.41 Å². The molecule has 100 valence electrons. The van der Waals surface area contributed by atoms with Crippen molar-refractivity contribution in [1.29, 1.82) is 0 Å². The van der Waals surface area contributed by atoms with Gasteiger partial charge in [0.1, 0.15) is 0 Å². The summed E-state index contributed by atoms with van der Waals surface area (Å²) in [5.74, 6) is 0. The molecule has 0 bridgehead atoms. The van der Waals surface area contributed by atoms with Crippen LogP contribution >= 0.6 is 0 Å². The highest BCUT2D eigenvalue weighted by Gasteiger charge is 2.27. The summed E-state index contributed by atoms with van der Waals surface area (Å²) in [6.07, 6.45) is 9.77. The molecule has 0 aromatic carbocycles. The van der Waals surface area contributed by atoms with Gasteiger partial charge in [0, 0.05) is 6.04 Å². The van der Waals surface area contributed by atoms with Crippen molar-refractivity contribution in [2.45, 2.75) is 64.8 Å². The lowest BCUT2D eigenvalue weighted by Gasteiger charge is -2.35. The van der Waals surface area contributed by atoms with E-state index < -0.39 is 0 Å². The number of hydrogen-bond acceptors (Lipinski definition) is 2. The molecule has 1 atom stereocenters. The number of hydrogen-bond donors (Lipinski definition) is 1. The number of nitrogens with zero attached hydrogens (tertiary/aromatic N) is 1. The summed E-state index contributed by atoms with van der Waals surface area (Å²) in [5, 5.41) is 3.77. The van der Waals surface area contributed by atoms with Crippen molar-refractivity contribution in [3.05, 3.63) is 0 Å². The minimum Gasteiger partial charge on any atom is -0.314 e. The van der Waals surface area contributed by atoms with Crippen LogP contribution in [0.2, 0.25) is 0 Å². The van der Waals surface area contributed by atoms with Crippen molar-refractivity contribution in [2.75, 3.05) is 26.2 Å². The van der Waals surface area contributed by atoms with Crippen molar-refractivity contribution in [3.63, 3.8) is 0 Å². The zero-order chi connectivity index (χ0) is 12.1. The second-order valence-corrected chi connectivity index (χ2v) is 6.81. The van der Waals surface area contributed by atoms with Gasteiger partial charge in [0.25, 0.3) is 0 Å². The summed E-state index contributed by atoms with van der Waals surface area (Å²) in [6, 6.07) is 0.789. The fourth-order valence-electron chi connectivity index (χ4n) is 3.49. The van der Waals surface area contributed by atoms with Gasteiger partial charge in [-0.3, -0.25) is 0 Å². The molecule has 1 saturated carbocycles. The Bertz CT molecular complexity index is 219. The number of nitrogens with one attached hydrogen (secondary N) is 1. The molecule has 1 unspecified atom stereocenters. The highest BCUT2D eigenvalue weighted by atomic mass is 15.1. The van der Waals surface area contributed by atoms with Crippen LogP contribution in [-0.4, -0.2) is 37.1 Å². The van der Waals surface area contributed by atoms with Crippen LogP contribution in [0.4, 0.5) is 0 Å². The minimum absolute atomic E-state index is 0.574. The third-order valence-electron chi connectivity index (χ3n) is 4.49. The van der Waals surface area contributed by atoms with E-state index in [4.69, 9.17) is 0 Å². The molecule has 2 fully saturated rings. The second-order valence-electron chi connectivity index (χ2n) is 6.81. The summed E-state index contributed by atoms with van der Waals surface area (Å²) in [5.41, 5.74) is 0.574. The van der Waals surface area contributed by atoms with Crippen LogP contribution in [0.15, 0.2) is 0 Å². The van der Waals surface area contributed by atoms with E-state index in [0.717, 1.165) is 6.04 Å². The molecule has 0 aromatic heterocycles. The molecule has 1 aliphatic carbocycles. The average molecular weight is 238 g/mol. The third kappa shape index (κ3) is 4.59. The van der Waals surface area contributed by atoms with Crippen LogP contribution in [0.3, 0.4) is 0 Å². The van der Waals surface area contributed by atoms with Crippen molar-refractivity contribution in [2.24, 2.45) is 5.41 Å². The maximum atomic E-state index is 3.77. The first-order valence-corrected chi connectivity index (χ1v) is 7.61. The molecule has 0 amide bonds. The molecule has 0 aromatic rings. The Labute approximate surface area is 107 Å². The van der Waals surface area contributed by atoms with Crippen LogP contribution in [0, 0.1) is 5.41 Å². The average Bonchev–Trinajstić information content (AvgIpc) is 2.76. The van der Waals surface area contributed by atoms with Crippen molar-refractivity contribution in [3.8, 4) is 0 Å². The van der Waals surface area contributed by atoms with E-state index in [1.807, 2.05) is 0 Å². The van der Waals surface area contributed by atoms with Crippen LogP contribution in [0.1, 0.15) is 58.8 Å². The van der Waals surface area contributed by atoms with Gasteiger partial charge in [0.05, 0.1) is 0 Å². The lowest BCUT2D eigenvalue weighted by atomic mass is 9.75. The molecule has 1 aliphatic heterocycles. The molecule has 1 heterocycles. The minimum atomic E-state index is 0.574. The van der Waals surface area contributed by atoms with Gasteiger partial charge in [-0.25, -0.2) is 0 Å². The molecule has 0 spiro atoms. The zero-order valence-electron chi connectivity index (χ0n) is 11.8. The smallest absolute Gasteiger partial charge is 0.00721 e. The second kappa shape index (κ2) is 6.19. The lowest BCUT2D eigenvalue weighted by Crippen LogP contribution is -2.38. The molecular formula is C15H30N2. The van der Waals surface area contributed by atoms with Crippen molar-refractivity contribution < 1.29 is 0 Å². The van der Waals surface area contributed by atoms with Crippen LogP contribution in [0.5, 0.6) is 0 Å². The van der Waals surface area contributed by atoms with E-state index in [1.165, 1.54) is 71.1 Å². The van der Waals surface area contributed by atoms with E-state index >= 15 is 0 Å². The first-order valence-electron chi connectivity index (χ1n) is 7.61. The molecule has 2 aliphatic rings. The Kier molecular flexibility index (Phi) is 4.87. The molecule has 0 radical (unpaired) electrons. The van der Waals surface area contributed by atoms with E-state index in [-0.39, 0.29) is 0 Å². The Morgan fingerprint density at radius 2 is 1.94 bits per heavy atom. The fraction of sp³-hybridized carbons (Fsp3) is 1.00. The number of likely N-dealkylation sites (tertiary alicyclic amines) is 1. The summed E-state index contributed by atoms with van der Waals surface area (Å²) in [7, 11) is 0. The Hall–Kier alpha value is -0.0800. The monoisotopic (exact) mass is 238 g/mol. The quantitative estimate of drug-likeness (QED) is 0.741. The van der Waals surface area contributed by atoms with Crippen molar-refractivity contribution in [1.82, 2.24) is 10.2 Å². The van der Waals surface area contributed by atoms with Gasteiger partial charge in [-0.05, 0) is 70.1 Å². The molecule has 1 N–H and O–H groups in total. The number of rotatable bonds is 5. The Morgan fingerprint density at radius 3 is 2.65 bits per heavy atom. The van der Waals surface area contributed by atoms with Gasteiger partial charge in [0.15, 0.2) is 0 Å². The van der Waals surface area contributed by atoms with E-state index in [9.17, 15) is 0 Å². The highest BCUT2D eigenvalue weighted by Crippen LogP contribution is 2.34. The predicted molar refractivity (Wildman–Crippen MR) is 74.3 cm³/mol. The van der Waals surface area contributed by atoms with Gasteiger partial charge in [-0.15, -0.1) is 0 Å². The normalized spacial score (nSPS) is 29.6.